The van der Waals surface area contributed by atoms with Crippen molar-refractivity contribution in [3.63, 3.8) is 0 Å². The van der Waals surface area contributed by atoms with E-state index < -0.39 is 5.97 Å². The lowest BCUT2D eigenvalue weighted by molar-refractivity contribution is 0.0501. The monoisotopic (exact) mass is 306 g/mol. The molecule has 0 aliphatic rings. The number of phenolic OH excluding ortho intramolecular Hbond substituents is 1. The molecule has 0 unspecified atom stereocenters. The smallest absolute Gasteiger partial charge is 0.341 e. The zero-order valence-corrected chi connectivity index (χ0v) is 9.95. The number of carbonyl (C=O) groups is 1. The van der Waals surface area contributed by atoms with E-state index in [4.69, 9.17) is 4.74 Å². The van der Waals surface area contributed by atoms with Crippen LogP contribution in [0.1, 0.15) is 23.7 Å². The van der Waals surface area contributed by atoms with E-state index in [1.165, 1.54) is 6.07 Å². The second kappa shape index (κ2) is 5.19. The molecule has 0 radical (unpaired) electrons. The summed E-state index contributed by atoms with van der Waals surface area (Å²) in [6.45, 7) is 2.30. The molecule has 76 valence electrons. The van der Waals surface area contributed by atoms with Gasteiger partial charge in [0.25, 0.3) is 0 Å². The number of phenols is 1. The minimum atomic E-state index is -0.470. The molecular formula is C10H11IO3. The molecule has 0 saturated carbocycles. The number of halogens is 1. The van der Waals surface area contributed by atoms with Gasteiger partial charge in [0.2, 0.25) is 0 Å². The van der Waals surface area contributed by atoms with Crippen LogP contribution in [-0.4, -0.2) is 17.7 Å². The Bertz CT molecular complexity index is 336. The van der Waals surface area contributed by atoms with Crippen molar-refractivity contribution in [3.05, 3.63) is 27.3 Å². The molecule has 0 fully saturated rings. The predicted octanol–water partition coefficient (Wildman–Crippen LogP) is 2.56. The third-order valence-corrected chi connectivity index (χ3v) is 2.29. The molecule has 0 aromatic heterocycles. The molecule has 0 aliphatic heterocycles. The standard InChI is InChI=1S/C10H11IO3/c1-2-5-14-10(13)8-6-7(11)3-4-9(8)12/h3-4,6,12H,2,5H2,1H3. The largest absolute Gasteiger partial charge is 0.507 e. The third kappa shape index (κ3) is 2.87. The SMILES string of the molecule is CCCOC(=O)c1cc(I)ccc1O. The molecule has 0 atom stereocenters. The van der Waals surface area contributed by atoms with Crippen molar-refractivity contribution in [2.75, 3.05) is 6.61 Å². The van der Waals surface area contributed by atoms with Gasteiger partial charge in [0, 0.05) is 3.57 Å². The van der Waals surface area contributed by atoms with Crippen LogP contribution in [0.5, 0.6) is 5.75 Å². The second-order valence-electron chi connectivity index (χ2n) is 2.80. The fourth-order valence-electron chi connectivity index (χ4n) is 0.944. The highest BCUT2D eigenvalue weighted by atomic mass is 127. The summed E-state index contributed by atoms with van der Waals surface area (Å²) in [6.07, 6.45) is 0.774. The Labute approximate surface area is 96.2 Å². The third-order valence-electron chi connectivity index (χ3n) is 1.62. The molecule has 1 N–H and O–H groups in total. The van der Waals surface area contributed by atoms with Crippen molar-refractivity contribution in [1.82, 2.24) is 0 Å². The molecule has 0 saturated heterocycles. The summed E-state index contributed by atoms with van der Waals surface area (Å²) in [7, 11) is 0. The zero-order valence-electron chi connectivity index (χ0n) is 7.79. The molecule has 14 heavy (non-hydrogen) atoms. The number of aromatic hydroxyl groups is 1. The van der Waals surface area contributed by atoms with E-state index in [0.29, 0.717) is 6.61 Å². The molecule has 3 nitrogen and oxygen atoms in total. The van der Waals surface area contributed by atoms with Gasteiger partial charge in [-0.1, -0.05) is 6.92 Å². The predicted molar refractivity (Wildman–Crippen MR) is 61.4 cm³/mol. The summed E-state index contributed by atoms with van der Waals surface area (Å²) in [5.74, 6) is -0.505. The Kier molecular flexibility index (Phi) is 4.19. The molecule has 1 aromatic carbocycles. The highest BCUT2D eigenvalue weighted by Gasteiger charge is 2.12. The van der Waals surface area contributed by atoms with Gasteiger partial charge in [0.15, 0.2) is 0 Å². The summed E-state index contributed by atoms with van der Waals surface area (Å²) in [6, 6.07) is 4.82. The Morgan fingerprint density at radius 3 is 2.93 bits per heavy atom. The highest BCUT2D eigenvalue weighted by Crippen LogP contribution is 2.20. The molecule has 1 rings (SSSR count). The Morgan fingerprint density at radius 1 is 1.57 bits per heavy atom. The van der Waals surface area contributed by atoms with Gasteiger partial charge in [-0.2, -0.15) is 0 Å². The van der Waals surface area contributed by atoms with Gasteiger partial charge in [-0.05, 0) is 47.2 Å². The number of carbonyl (C=O) groups excluding carboxylic acids is 1. The lowest BCUT2D eigenvalue weighted by Crippen LogP contribution is -2.06. The van der Waals surface area contributed by atoms with E-state index in [1.54, 1.807) is 12.1 Å². The topological polar surface area (TPSA) is 46.5 Å². The van der Waals surface area contributed by atoms with E-state index >= 15 is 0 Å². The lowest BCUT2D eigenvalue weighted by atomic mass is 10.2. The van der Waals surface area contributed by atoms with Gasteiger partial charge < -0.3 is 9.84 Å². The van der Waals surface area contributed by atoms with E-state index in [0.717, 1.165) is 9.99 Å². The molecule has 0 heterocycles. The number of hydrogen-bond acceptors (Lipinski definition) is 3. The van der Waals surface area contributed by atoms with Crippen molar-refractivity contribution in [1.29, 1.82) is 0 Å². The number of esters is 1. The van der Waals surface area contributed by atoms with Crippen LogP contribution in [0.15, 0.2) is 18.2 Å². The van der Waals surface area contributed by atoms with E-state index in [-0.39, 0.29) is 11.3 Å². The zero-order chi connectivity index (χ0) is 10.6. The first kappa shape index (κ1) is 11.3. The number of benzene rings is 1. The Morgan fingerprint density at radius 2 is 2.29 bits per heavy atom. The van der Waals surface area contributed by atoms with E-state index in [2.05, 4.69) is 22.6 Å². The maximum atomic E-state index is 11.4. The van der Waals surface area contributed by atoms with Crippen molar-refractivity contribution in [2.45, 2.75) is 13.3 Å². The molecule has 4 heteroatoms. The average Bonchev–Trinajstić information content (AvgIpc) is 2.18. The molecular weight excluding hydrogens is 295 g/mol. The summed E-state index contributed by atoms with van der Waals surface area (Å²) < 4.78 is 5.80. The van der Waals surface area contributed by atoms with Crippen LogP contribution in [0.4, 0.5) is 0 Å². The Balaban J connectivity index is 2.83. The van der Waals surface area contributed by atoms with Crippen molar-refractivity contribution in [3.8, 4) is 5.75 Å². The molecule has 0 aliphatic carbocycles. The van der Waals surface area contributed by atoms with Crippen LogP contribution < -0.4 is 0 Å². The maximum absolute atomic E-state index is 11.4. The summed E-state index contributed by atoms with van der Waals surface area (Å²) >= 11 is 2.07. The summed E-state index contributed by atoms with van der Waals surface area (Å²) in [5, 5.41) is 9.40. The first-order valence-corrected chi connectivity index (χ1v) is 5.38. The number of hydrogen-bond donors (Lipinski definition) is 1. The van der Waals surface area contributed by atoms with Gasteiger partial charge in [-0.15, -0.1) is 0 Å². The normalized spacial score (nSPS) is 9.86. The lowest BCUT2D eigenvalue weighted by Gasteiger charge is -2.05. The van der Waals surface area contributed by atoms with Crippen LogP contribution in [0.2, 0.25) is 0 Å². The Hall–Kier alpha value is -0.780. The van der Waals surface area contributed by atoms with Crippen LogP contribution in [-0.2, 0) is 4.74 Å². The van der Waals surface area contributed by atoms with Crippen LogP contribution in [0.3, 0.4) is 0 Å². The van der Waals surface area contributed by atoms with E-state index in [1.807, 2.05) is 6.92 Å². The fraction of sp³-hybridized carbons (Fsp3) is 0.300. The molecule has 1 aromatic rings. The van der Waals surface area contributed by atoms with Crippen LogP contribution in [0, 0.1) is 3.57 Å². The van der Waals surface area contributed by atoms with Crippen LogP contribution >= 0.6 is 22.6 Å². The quantitative estimate of drug-likeness (QED) is 0.689. The van der Waals surface area contributed by atoms with Gasteiger partial charge >= 0.3 is 5.97 Å². The maximum Gasteiger partial charge on any atom is 0.341 e. The van der Waals surface area contributed by atoms with Crippen molar-refractivity contribution in [2.24, 2.45) is 0 Å². The first-order chi connectivity index (χ1) is 6.65. The summed E-state index contributed by atoms with van der Waals surface area (Å²) in [5.41, 5.74) is 0.227. The van der Waals surface area contributed by atoms with Crippen LogP contribution in [0.25, 0.3) is 0 Å². The minimum Gasteiger partial charge on any atom is -0.507 e. The summed E-state index contributed by atoms with van der Waals surface area (Å²) in [4.78, 5) is 11.4. The van der Waals surface area contributed by atoms with Crippen molar-refractivity contribution < 1.29 is 14.6 Å². The number of rotatable bonds is 3. The fourth-order valence-corrected chi connectivity index (χ4v) is 1.44. The highest BCUT2D eigenvalue weighted by molar-refractivity contribution is 14.1. The van der Waals surface area contributed by atoms with Gasteiger partial charge in [0.1, 0.15) is 11.3 Å². The molecule has 0 spiro atoms. The van der Waals surface area contributed by atoms with E-state index in [9.17, 15) is 9.90 Å². The van der Waals surface area contributed by atoms with Gasteiger partial charge in [-0.3, -0.25) is 0 Å². The minimum absolute atomic E-state index is 0.0356. The number of ether oxygens (including phenoxy) is 1. The molecule has 0 bridgehead atoms. The average molecular weight is 306 g/mol. The van der Waals surface area contributed by atoms with Gasteiger partial charge in [-0.25, -0.2) is 4.79 Å². The van der Waals surface area contributed by atoms with Crippen molar-refractivity contribution >= 4 is 28.6 Å². The second-order valence-corrected chi connectivity index (χ2v) is 4.04. The molecule has 0 amide bonds. The van der Waals surface area contributed by atoms with Gasteiger partial charge in [0.05, 0.1) is 6.61 Å². The first-order valence-electron chi connectivity index (χ1n) is 4.30.